The van der Waals surface area contributed by atoms with Crippen LogP contribution >= 0.6 is 0 Å². The van der Waals surface area contributed by atoms with Gasteiger partial charge in [0.25, 0.3) is 5.91 Å². The van der Waals surface area contributed by atoms with Gasteiger partial charge in [-0.3, -0.25) is 9.69 Å². The molecule has 0 atom stereocenters. The molecule has 7 nitrogen and oxygen atoms in total. The SMILES string of the molecule is CCOC(=O)C1=C(C)N(c2ccc(OC)cc2)C(=O)/C1=C\c1cccc(OCC)c1O. The average molecular weight is 423 g/mol. The molecule has 0 saturated carbocycles. The van der Waals surface area contributed by atoms with Crippen molar-refractivity contribution < 1.29 is 28.9 Å². The number of aromatic hydroxyl groups is 1. The minimum Gasteiger partial charge on any atom is -0.504 e. The molecule has 2 aromatic rings. The molecule has 0 saturated heterocycles. The number of amides is 1. The van der Waals surface area contributed by atoms with Crippen molar-refractivity contribution >= 4 is 23.6 Å². The van der Waals surface area contributed by atoms with Crippen LogP contribution in [0.3, 0.4) is 0 Å². The van der Waals surface area contributed by atoms with E-state index in [1.54, 1.807) is 63.4 Å². The molecule has 1 aliphatic heterocycles. The van der Waals surface area contributed by atoms with Crippen LogP contribution in [0.4, 0.5) is 5.69 Å². The van der Waals surface area contributed by atoms with E-state index in [9.17, 15) is 14.7 Å². The highest BCUT2D eigenvalue weighted by atomic mass is 16.5. The molecule has 1 aliphatic rings. The first-order chi connectivity index (χ1) is 14.9. The average Bonchev–Trinajstić information content (AvgIpc) is 3.01. The van der Waals surface area contributed by atoms with E-state index in [-0.39, 0.29) is 23.5 Å². The van der Waals surface area contributed by atoms with Crippen molar-refractivity contribution in [3.8, 4) is 17.2 Å². The number of allylic oxidation sites excluding steroid dienone is 1. The lowest BCUT2D eigenvalue weighted by molar-refractivity contribution is -0.138. The van der Waals surface area contributed by atoms with Crippen LogP contribution in [0, 0.1) is 0 Å². The lowest BCUT2D eigenvalue weighted by Crippen LogP contribution is -2.24. The van der Waals surface area contributed by atoms with Crippen LogP contribution < -0.4 is 14.4 Å². The Labute approximate surface area is 181 Å². The van der Waals surface area contributed by atoms with Crippen molar-refractivity contribution in [1.82, 2.24) is 0 Å². The smallest absolute Gasteiger partial charge is 0.340 e. The second kappa shape index (κ2) is 9.38. The topological polar surface area (TPSA) is 85.3 Å². The second-order valence-corrected chi connectivity index (χ2v) is 6.70. The number of ether oxygens (including phenoxy) is 3. The van der Waals surface area contributed by atoms with E-state index in [0.717, 1.165) is 0 Å². The molecule has 0 spiro atoms. The quantitative estimate of drug-likeness (QED) is 0.534. The predicted octanol–water partition coefficient (Wildman–Crippen LogP) is 4.07. The maximum Gasteiger partial charge on any atom is 0.340 e. The molecule has 1 amide bonds. The monoisotopic (exact) mass is 423 g/mol. The number of phenolic OH excluding ortho intramolecular Hbond substituents is 1. The van der Waals surface area contributed by atoms with Crippen molar-refractivity contribution in [2.45, 2.75) is 20.8 Å². The number of esters is 1. The zero-order chi connectivity index (χ0) is 22.5. The van der Waals surface area contributed by atoms with E-state index in [2.05, 4.69) is 0 Å². The molecule has 0 bridgehead atoms. The van der Waals surface area contributed by atoms with Crippen LogP contribution in [0.15, 0.2) is 59.3 Å². The minimum atomic E-state index is -0.601. The van der Waals surface area contributed by atoms with Crippen molar-refractivity contribution in [2.24, 2.45) is 0 Å². The normalized spacial score (nSPS) is 14.9. The molecule has 0 aromatic heterocycles. The summed E-state index contributed by atoms with van der Waals surface area (Å²) in [6, 6.07) is 11.9. The third kappa shape index (κ3) is 4.26. The summed E-state index contributed by atoms with van der Waals surface area (Å²) in [7, 11) is 1.56. The summed E-state index contributed by atoms with van der Waals surface area (Å²) in [6.07, 6.45) is 1.49. The molecule has 0 fully saturated rings. The highest BCUT2D eigenvalue weighted by Crippen LogP contribution is 2.38. The standard InChI is InChI=1S/C24H25NO6/c1-5-30-20-9-7-8-16(22(20)26)14-19-21(24(28)31-6-2)15(3)25(23(19)27)17-10-12-18(29-4)13-11-17/h7-14,26H,5-6H2,1-4H3/b19-14-. The Balaban J connectivity index is 2.12. The molecular weight excluding hydrogens is 398 g/mol. The molecule has 1 heterocycles. The first-order valence-electron chi connectivity index (χ1n) is 9.96. The number of anilines is 1. The molecule has 162 valence electrons. The third-order valence-corrected chi connectivity index (χ3v) is 4.84. The Morgan fingerprint density at radius 1 is 1.10 bits per heavy atom. The molecule has 0 unspecified atom stereocenters. The van der Waals surface area contributed by atoms with Gasteiger partial charge in [-0.2, -0.15) is 0 Å². The van der Waals surface area contributed by atoms with Gasteiger partial charge in [0, 0.05) is 16.9 Å². The van der Waals surface area contributed by atoms with E-state index >= 15 is 0 Å². The van der Waals surface area contributed by atoms with Crippen LogP contribution in [0.25, 0.3) is 6.08 Å². The number of rotatable bonds is 7. The first-order valence-corrected chi connectivity index (χ1v) is 9.96. The van der Waals surface area contributed by atoms with Gasteiger partial charge in [-0.05, 0) is 57.2 Å². The molecule has 7 heteroatoms. The highest BCUT2D eigenvalue weighted by Gasteiger charge is 2.38. The summed E-state index contributed by atoms with van der Waals surface area (Å²) < 4.78 is 15.8. The number of benzene rings is 2. The highest BCUT2D eigenvalue weighted by molar-refractivity contribution is 6.24. The van der Waals surface area contributed by atoms with Crippen LogP contribution in [-0.4, -0.2) is 37.3 Å². The van der Waals surface area contributed by atoms with Gasteiger partial charge >= 0.3 is 5.97 Å². The van der Waals surface area contributed by atoms with Gasteiger partial charge in [-0.1, -0.05) is 12.1 Å². The number of hydrogen-bond acceptors (Lipinski definition) is 6. The van der Waals surface area contributed by atoms with Crippen LogP contribution in [0.2, 0.25) is 0 Å². The Hall–Kier alpha value is -3.74. The Morgan fingerprint density at radius 3 is 2.42 bits per heavy atom. The van der Waals surface area contributed by atoms with Gasteiger partial charge in [-0.25, -0.2) is 4.79 Å². The maximum absolute atomic E-state index is 13.4. The van der Waals surface area contributed by atoms with Gasteiger partial charge in [-0.15, -0.1) is 0 Å². The number of phenols is 1. The zero-order valence-electron chi connectivity index (χ0n) is 18.0. The fourth-order valence-electron chi connectivity index (χ4n) is 3.41. The van der Waals surface area contributed by atoms with Crippen LogP contribution in [0.1, 0.15) is 26.3 Å². The van der Waals surface area contributed by atoms with Gasteiger partial charge < -0.3 is 19.3 Å². The number of para-hydroxylation sites is 1. The molecule has 3 rings (SSSR count). The molecule has 31 heavy (non-hydrogen) atoms. The fourth-order valence-corrected chi connectivity index (χ4v) is 3.41. The van der Waals surface area contributed by atoms with Crippen molar-refractivity contribution in [1.29, 1.82) is 0 Å². The van der Waals surface area contributed by atoms with Gasteiger partial charge in [0.2, 0.25) is 0 Å². The zero-order valence-corrected chi connectivity index (χ0v) is 18.0. The largest absolute Gasteiger partial charge is 0.504 e. The van der Waals surface area contributed by atoms with Gasteiger partial charge in [0.05, 0.1) is 31.5 Å². The van der Waals surface area contributed by atoms with Crippen molar-refractivity contribution in [3.05, 3.63) is 64.9 Å². The summed E-state index contributed by atoms with van der Waals surface area (Å²) in [5, 5.41) is 10.6. The Morgan fingerprint density at radius 2 is 1.81 bits per heavy atom. The third-order valence-electron chi connectivity index (χ3n) is 4.84. The van der Waals surface area contributed by atoms with Gasteiger partial charge in [0.15, 0.2) is 11.5 Å². The lowest BCUT2D eigenvalue weighted by Gasteiger charge is -2.18. The van der Waals surface area contributed by atoms with Crippen molar-refractivity contribution in [2.75, 3.05) is 25.2 Å². The summed E-state index contributed by atoms with van der Waals surface area (Å²) >= 11 is 0. The Bertz CT molecular complexity index is 1050. The summed E-state index contributed by atoms with van der Waals surface area (Å²) in [5.74, 6) is -0.153. The van der Waals surface area contributed by atoms with E-state index < -0.39 is 11.9 Å². The second-order valence-electron chi connectivity index (χ2n) is 6.70. The molecule has 2 aromatic carbocycles. The van der Waals surface area contributed by atoms with E-state index in [0.29, 0.717) is 35.1 Å². The molecule has 0 aliphatic carbocycles. The van der Waals surface area contributed by atoms with Crippen molar-refractivity contribution in [3.63, 3.8) is 0 Å². The number of methoxy groups -OCH3 is 1. The molecular formula is C24H25NO6. The maximum atomic E-state index is 13.4. The summed E-state index contributed by atoms with van der Waals surface area (Å²) in [4.78, 5) is 27.6. The number of hydrogen-bond donors (Lipinski definition) is 1. The van der Waals surface area contributed by atoms with E-state index in [1.807, 2.05) is 6.92 Å². The van der Waals surface area contributed by atoms with Gasteiger partial charge in [0.1, 0.15) is 5.75 Å². The minimum absolute atomic E-state index is 0.103. The number of carbonyl (C=O) groups is 2. The Kier molecular flexibility index (Phi) is 6.65. The fraction of sp³-hybridized carbons (Fsp3) is 0.250. The number of nitrogens with zero attached hydrogens (tertiary/aromatic N) is 1. The summed E-state index contributed by atoms with van der Waals surface area (Å²) in [6.45, 7) is 5.75. The lowest BCUT2D eigenvalue weighted by atomic mass is 10.0. The number of carbonyl (C=O) groups excluding carboxylic acids is 2. The van der Waals surface area contributed by atoms with E-state index in [4.69, 9.17) is 14.2 Å². The van der Waals surface area contributed by atoms with Crippen LogP contribution in [0.5, 0.6) is 17.2 Å². The molecule has 1 N–H and O–H groups in total. The summed E-state index contributed by atoms with van der Waals surface area (Å²) in [5.41, 5.74) is 1.68. The predicted molar refractivity (Wildman–Crippen MR) is 117 cm³/mol. The first kappa shape index (κ1) is 22.0. The van der Waals surface area contributed by atoms with E-state index in [1.165, 1.54) is 11.0 Å². The molecule has 0 radical (unpaired) electrons. The van der Waals surface area contributed by atoms with Crippen LogP contribution in [-0.2, 0) is 14.3 Å².